The van der Waals surface area contributed by atoms with Gasteiger partial charge in [-0.3, -0.25) is 4.90 Å². The highest BCUT2D eigenvalue weighted by atomic mass is 32.2. The molecular weight excluding hydrogens is 546 g/mol. The molecule has 214 valence electrons. The van der Waals surface area contributed by atoms with E-state index in [1.165, 1.54) is 4.88 Å². The van der Waals surface area contributed by atoms with Gasteiger partial charge in [0.25, 0.3) is 0 Å². The Bertz CT molecular complexity index is 1570. The van der Waals surface area contributed by atoms with Gasteiger partial charge in [-0.05, 0) is 45.3 Å². The topological polar surface area (TPSA) is 97.9 Å². The van der Waals surface area contributed by atoms with Crippen molar-refractivity contribution in [3.05, 3.63) is 41.4 Å². The van der Waals surface area contributed by atoms with E-state index in [4.69, 9.17) is 14.7 Å². The predicted molar refractivity (Wildman–Crippen MR) is 162 cm³/mol. The third-order valence-electron chi connectivity index (χ3n) is 7.66. The molecule has 0 spiro atoms. The quantitative estimate of drug-likeness (QED) is 0.321. The van der Waals surface area contributed by atoms with Crippen molar-refractivity contribution >= 4 is 48.3 Å². The monoisotopic (exact) mass is 583 g/mol. The van der Waals surface area contributed by atoms with Crippen molar-refractivity contribution in [1.29, 1.82) is 0 Å². The molecule has 4 aromatic rings. The summed E-state index contributed by atoms with van der Waals surface area (Å²) in [6.07, 6.45) is 2.61. The molecule has 2 fully saturated rings. The van der Waals surface area contributed by atoms with Crippen molar-refractivity contribution in [2.45, 2.75) is 13.0 Å². The number of nitrogens with one attached hydrogen (secondary N) is 1. The Kier molecular flexibility index (Phi) is 8.07. The van der Waals surface area contributed by atoms with Crippen LogP contribution >= 0.6 is 11.3 Å². The van der Waals surface area contributed by atoms with Gasteiger partial charge >= 0.3 is 0 Å². The predicted octanol–water partition coefficient (Wildman–Crippen LogP) is 3.08. The number of morpholine rings is 1. The molecule has 1 aromatic carbocycles. The molecule has 0 radical (unpaired) electrons. The second kappa shape index (κ2) is 11.7. The molecule has 6 rings (SSSR count). The number of piperazine rings is 1. The van der Waals surface area contributed by atoms with Gasteiger partial charge in [0.2, 0.25) is 10.0 Å². The number of anilines is 1. The third kappa shape index (κ3) is 5.88. The Hall–Kier alpha value is -2.61. The van der Waals surface area contributed by atoms with Gasteiger partial charge in [0, 0.05) is 73.4 Å². The van der Waals surface area contributed by atoms with Gasteiger partial charge in [-0.15, -0.1) is 11.3 Å². The third-order valence-corrected chi connectivity index (χ3v) is 10.7. The van der Waals surface area contributed by atoms with Crippen LogP contribution in [0.15, 0.2) is 36.5 Å². The number of nitrogens with zero attached hydrogens (tertiary/aromatic N) is 6. The van der Waals surface area contributed by atoms with Gasteiger partial charge in [-0.1, -0.05) is 12.1 Å². The number of thiophene rings is 1. The molecule has 0 unspecified atom stereocenters. The minimum Gasteiger partial charge on any atom is -0.378 e. The fourth-order valence-corrected chi connectivity index (χ4v) is 8.14. The number of H-pyrrole nitrogens is 1. The van der Waals surface area contributed by atoms with Crippen LogP contribution in [0.4, 0.5) is 5.82 Å². The lowest BCUT2D eigenvalue weighted by molar-refractivity contribution is 0.122. The van der Waals surface area contributed by atoms with Gasteiger partial charge in [0.05, 0.1) is 29.2 Å². The van der Waals surface area contributed by atoms with Crippen molar-refractivity contribution in [2.24, 2.45) is 0 Å². The average molecular weight is 584 g/mol. The van der Waals surface area contributed by atoms with Crippen LogP contribution in [-0.2, 0) is 21.3 Å². The number of aromatic amines is 1. The lowest BCUT2D eigenvalue weighted by atomic mass is 10.1. The largest absolute Gasteiger partial charge is 0.378 e. The zero-order chi connectivity index (χ0) is 27.7. The van der Waals surface area contributed by atoms with Crippen LogP contribution in [0.1, 0.15) is 11.3 Å². The van der Waals surface area contributed by atoms with Crippen molar-refractivity contribution in [2.75, 3.05) is 83.8 Å². The van der Waals surface area contributed by atoms with Crippen molar-refractivity contribution in [3.8, 4) is 11.4 Å². The maximum atomic E-state index is 12.8. The Labute approximate surface area is 239 Å². The first-order valence-electron chi connectivity index (χ1n) is 13.9. The zero-order valence-electron chi connectivity index (χ0n) is 23.2. The standard InChI is InChI=1S/C28H37N7O3S2/c1-32(2)9-4-18-40(36,37)35-12-10-33(11-13-35)20-21-19-25-26(39-21)28(34-14-16-38-17-15-34)31-27(30-25)23-5-3-6-24-22(23)7-8-29-24/h3,5-8,19,29H,4,9-18,20H2,1-2H3. The molecule has 12 heteroatoms. The number of ether oxygens (including phenoxy) is 1. The Morgan fingerprint density at radius 2 is 1.85 bits per heavy atom. The fraction of sp³-hybridized carbons (Fsp3) is 0.500. The molecule has 40 heavy (non-hydrogen) atoms. The fourth-order valence-electron chi connectivity index (χ4n) is 5.51. The zero-order valence-corrected chi connectivity index (χ0v) is 24.8. The minimum absolute atomic E-state index is 0.212. The first-order chi connectivity index (χ1) is 19.4. The first-order valence-corrected chi connectivity index (χ1v) is 16.3. The van der Waals surface area contributed by atoms with Gasteiger partial charge in [0.15, 0.2) is 11.6 Å². The van der Waals surface area contributed by atoms with Crippen molar-refractivity contribution in [1.82, 2.24) is 29.1 Å². The van der Waals surface area contributed by atoms with Gasteiger partial charge in [-0.2, -0.15) is 4.31 Å². The number of rotatable bonds is 9. The molecule has 2 aliphatic rings. The molecule has 0 bridgehead atoms. The van der Waals surface area contributed by atoms with E-state index in [2.05, 4.69) is 39.0 Å². The summed E-state index contributed by atoms with van der Waals surface area (Å²) in [6, 6.07) is 10.5. The SMILES string of the molecule is CN(C)CCCS(=O)(=O)N1CCN(Cc2cc3nc(-c4cccc5[nH]ccc45)nc(N4CCOCC4)c3s2)CC1. The Balaban J connectivity index is 1.23. The van der Waals surface area contributed by atoms with Crippen molar-refractivity contribution < 1.29 is 13.2 Å². The second-order valence-corrected chi connectivity index (χ2v) is 14.0. The summed E-state index contributed by atoms with van der Waals surface area (Å²) < 4.78 is 34.0. The molecule has 2 aliphatic heterocycles. The summed E-state index contributed by atoms with van der Waals surface area (Å²) in [5.41, 5.74) is 3.05. The number of hydrogen-bond donors (Lipinski definition) is 1. The molecule has 1 N–H and O–H groups in total. The van der Waals surface area contributed by atoms with E-state index >= 15 is 0 Å². The molecule has 0 aliphatic carbocycles. The van der Waals surface area contributed by atoms with Gasteiger partial charge in [0.1, 0.15) is 0 Å². The summed E-state index contributed by atoms with van der Waals surface area (Å²) in [6.45, 7) is 7.08. The summed E-state index contributed by atoms with van der Waals surface area (Å²) in [4.78, 5) is 21.4. The lowest BCUT2D eigenvalue weighted by Crippen LogP contribution is -2.48. The highest BCUT2D eigenvalue weighted by Gasteiger charge is 2.27. The highest BCUT2D eigenvalue weighted by Crippen LogP contribution is 2.36. The Morgan fingerprint density at radius 1 is 1.05 bits per heavy atom. The number of aromatic nitrogens is 3. The molecule has 0 amide bonds. The second-order valence-electron chi connectivity index (χ2n) is 10.8. The minimum atomic E-state index is -3.21. The van der Waals surface area contributed by atoms with Crippen LogP contribution in [0.25, 0.3) is 32.5 Å². The van der Waals surface area contributed by atoms with E-state index in [0.717, 1.165) is 77.6 Å². The van der Waals surface area contributed by atoms with E-state index in [-0.39, 0.29) is 5.75 Å². The summed E-state index contributed by atoms with van der Waals surface area (Å²) in [5.74, 6) is 1.92. The number of fused-ring (bicyclic) bond motifs is 2. The van der Waals surface area contributed by atoms with Crippen molar-refractivity contribution in [3.63, 3.8) is 0 Å². The van der Waals surface area contributed by atoms with Crippen LogP contribution in [0.5, 0.6) is 0 Å². The molecule has 5 heterocycles. The molecular formula is C28H37N7O3S2. The van der Waals surface area contributed by atoms with E-state index in [1.54, 1.807) is 15.6 Å². The van der Waals surface area contributed by atoms with Gasteiger partial charge < -0.3 is 19.5 Å². The maximum absolute atomic E-state index is 12.8. The average Bonchev–Trinajstić information content (AvgIpc) is 3.59. The summed E-state index contributed by atoms with van der Waals surface area (Å²) in [7, 11) is 0.730. The van der Waals surface area contributed by atoms with Crippen LogP contribution < -0.4 is 4.90 Å². The number of benzene rings is 1. The lowest BCUT2D eigenvalue weighted by Gasteiger charge is -2.33. The van der Waals surface area contributed by atoms with E-state index in [0.29, 0.717) is 32.7 Å². The normalized spacial score (nSPS) is 17.9. The maximum Gasteiger partial charge on any atom is 0.214 e. The van der Waals surface area contributed by atoms with Crippen LogP contribution in [-0.4, -0.2) is 116 Å². The van der Waals surface area contributed by atoms with Gasteiger partial charge in [-0.25, -0.2) is 18.4 Å². The van der Waals surface area contributed by atoms with E-state index < -0.39 is 10.0 Å². The van der Waals surface area contributed by atoms with Crippen LogP contribution in [0.2, 0.25) is 0 Å². The molecule has 0 atom stereocenters. The molecule has 0 saturated carbocycles. The Morgan fingerprint density at radius 3 is 2.62 bits per heavy atom. The summed E-state index contributed by atoms with van der Waals surface area (Å²) in [5, 5.41) is 1.11. The highest BCUT2D eigenvalue weighted by molar-refractivity contribution is 7.89. The summed E-state index contributed by atoms with van der Waals surface area (Å²) >= 11 is 1.75. The van der Waals surface area contributed by atoms with Crippen LogP contribution in [0, 0.1) is 0 Å². The number of hydrogen-bond acceptors (Lipinski definition) is 9. The number of sulfonamides is 1. The molecule has 10 nitrogen and oxygen atoms in total. The molecule has 3 aromatic heterocycles. The smallest absolute Gasteiger partial charge is 0.214 e. The van der Waals surface area contributed by atoms with E-state index in [1.807, 2.05) is 31.3 Å². The first kappa shape index (κ1) is 27.6. The molecule has 2 saturated heterocycles. The van der Waals surface area contributed by atoms with Crippen LogP contribution in [0.3, 0.4) is 0 Å². The van der Waals surface area contributed by atoms with E-state index in [9.17, 15) is 8.42 Å².